The van der Waals surface area contributed by atoms with E-state index >= 15 is 0 Å². The molecule has 0 radical (unpaired) electrons. The molecule has 3 heterocycles. The van der Waals surface area contributed by atoms with Gasteiger partial charge in [-0.2, -0.15) is 10.2 Å². The Balaban J connectivity index is 1.17. The minimum Gasteiger partial charge on any atom is -0.488 e. The predicted molar refractivity (Wildman–Crippen MR) is 153 cm³/mol. The molecule has 1 aromatic carbocycles. The third-order valence-electron chi connectivity index (χ3n) is 7.36. The van der Waals surface area contributed by atoms with Gasteiger partial charge in [0.15, 0.2) is 0 Å². The lowest BCUT2D eigenvalue weighted by molar-refractivity contribution is -0.160. The third kappa shape index (κ3) is 5.86. The number of aromatic nitrogens is 2. The van der Waals surface area contributed by atoms with Crippen molar-refractivity contribution >= 4 is 28.8 Å². The minimum atomic E-state index is -0.855. The van der Waals surface area contributed by atoms with E-state index in [1.54, 1.807) is 49.8 Å². The van der Waals surface area contributed by atoms with E-state index in [1.807, 2.05) is 12.1 Å². The number of nitrogens with two attached hydrogens (primary N) is 1. The first-order valence-electron chi connectivity index (χ1n) is 13.6. The molecule has 0 saturated heterocycles. The summed E-state index contributed by atoms with van der Waals surface area (Å²) in [5.74, 6) is 0.236. The van der Waals surface area contributed by atoms with Crippen molar-refractivity contribution in [3.05, 3.63) is 72.1 Å². The van der Waals surface area contributed by atoms with Crippen molar-refractivity contribution in [3.63, 3.8) is 0 Å². The number of amides is 1. The predicted octanol–water partition coefficient (Wildman–Crippen LogP) is 3.65. The minimum absolute atomic E-state index is 0.0878. The molecule has 1 aliphatic carbocycles. The van der Waals surface area contributed by atoms with Crippen molar-refractivity contribution in [2.75, 3.05) is 6.61 Å². The van der Waals surface area contributed by atoms with E-state index in [9.17, 15) is 9.59 Å². The van der Waals surface area contributed by atoms with Crippen LogP contribution in [0.1, 0.15) is 67.9 Å². The lowest BCUT2D eigenvalue weighted by Crippen LogP contribution is -2.40. The highest BCUT2D eigenvalue weighted by molar-refractivity contribution is 6.07. The van der Waals surface area contributed by atoms with Gasteiger partial charge in [0.1, 0.15) is 24.0 Å². The smallest absolute Gasteiger partial charge is 0.323 e. The highest BCUT2D eigenvalue weighted by Gasteiger charge is 2.30. The Bertz CT molecular complexity index is 1470. The molecular weight excluding hydrogens is 508 g/mol. The highest BCUT2D eigenvalue weighted by atomic mass is 16.6. The van der Waals surface area contributed by atoms with Crippen LogP contribution in [0.2, 0.25) is 0 Å². The molecule has 0 unspecified atom stereocenters. The van der Waals surface area contributed by atoms with Gasteiger partial charge in [-0.3, -0.25) is 15.0 Å². The zero-order valence-electron chi connectivity index (χ0n) is 23.1. The fourth-order valence-corrected chi connectivity index (χ4v) is 5.18. The molecule has 5 rings (SSSR count). The number of hydrogen-bond donors (Lipinski definition) is 3. The van der Waals surface area contributed by atoms with E-state index in [1.165, 1.54) is 0 Å². The molecule has 40 heavy (non-hydrogen) atoms. The molecular formula is C30H36N6O4. The molecule has 10 heteroatoms. The van der Waals surface area contributed by atoms with Crippen molar-refractivity contribution in [1.29, 1.82) is 0 Å². The number of carbonyl (C=O) groups excluding carboxylic acids is 2. The maximum atomic E-state index is 13.2. The van der Waals surface area contributed by atoms with E-state index < -0.39 is 17.6 Å². The van der Waals surface area contributed by atoms with Gasteiger partial charge in [0.25, 0.3) is 5.91 Å². The van der Waals surface area contributed by atoms with Crippen LogP contribution in [0.25, 0.3) is 11.2 Å². The van der Waals surface area contributed by atoms with Crippen molar-refractivity contribution < 1.29 is 19.1 Å². The first-order chi connectivity index (χ1) is 19.1. The molecule has 1 aliphatic heterocycles. The second-order valence-corrected chi connectivity index (χ2v) is 11.2. The van der Waals surface area contributed by atoms with E-state index in [0.717, 1.165) is 48.2 Å². The summed E-state index contributed by atoms with van der Waals surface area (Å²) in [4.78, 5) is 25.0. The molecule has 4 N–H and O–H groups in total. The second kappa shape index (κ2) is 11.1. The van der Waals surface area contributed by atoms with Gasteiger partial charge in [0.05, 0.1) is 34.9 Å². The van der Waals surface area contributed by atoms with Crippen LogP contribution in [-0.4, -0.2) is 51.5 Å². The summed E-state index contributed by atoms with van der Waals surface area (Å²) in [6.07, 6.45) is 6.90. The number of carbonyl (C=O) groups is 2. The number of pyridine rings is 1. The van der Waals surface area contributed by atoms with Crippen LogP contribution in [0.4, 0.5) is 0 Å². The average molecular weight is 545 g/mol. The molecule has 3 aromatic rings. The zero-order chi connectivity index (χ0) is 28.4. The number of rotatable bonds is 8. The van der Waals surface area contributed by atoms with Gasteiger partial charge >= 0.3 is 5.97 Å². The number of fused-ring (bicyclic) bond motifs is 2. The Hall–Kier alpha value is -4.18. The first-order valence-corrected chi connectivity index (χ1v) is 13.6. The monoisotopic (exact) mass is 544 g/mol. The van der Waals surface area contributed by atoms with Crippen LogP contribution in [0, 0.1) is 5.92 Å². The number of hydrazone groups is 1. The van der Waals surface area contributed by atoms with Gasteiger partial charge in [-0.1, -0.05) is 30.8 Å². The molecule has 10 nitrogen and oxygen atoms in total. The van der Waals surface area contributed by atoms with Crippen molar-refractivity contribution in [3.8, 4) is 5.75 Å². The molecule has 1 atom stereocenters. The van der Waals surface area contributed by atoms with Crippen LogP contribution in [0.15, 0.2) is 60.5 Å². The molecule has 210 valence electrons. The molecule has 2 aliphatic rings. The number of benzene rings is 1. The Morgan fingerprint density at radius 2 is 1.90 bits per heavy atom. The summed E-state index contributed by atoms with van der Waals surface area (Å²) >= 11 is 0. The van der Waals surface area contributed by atoms with Crippen LogP contribution in [-0.2, 0) is 9.53 Å². The van der Waals surface area contributed by atoms with E-state index in [2.05, 4.69) is 39.7 Å². The molecule has 0 bridgehead atoms. The van der Waals surface area contributed by atoms with Crippen molar-refractivity contribution in [2.45, 2.75) is 64.1 Å². The summed E-state index contributed by atoms with van der Waals surface area (Å²) < 4.78 is 12.9. The summed E-state index contributed by atoms with van der Waals surface area (Å²) in [6.45, 7) is 9.28. The SMILES string of the molecule is C=C1NN=C(C2CCC(NC(=O)c3cnn4cc(OCC(C)(C)OC(=O)[C@H](C)N)ccc34)CC2)c2ccccc21. The summed E-state index contributed by atoms with van der Waals surface area (Å²) in [5.41, 5.74) is 13.1. The number of nitrogens with zero attached hydrogens (tertiary/aromatic N) is 3. The Morgan fingerprint density at radius 3 is 2.62 bits per heavy atom. The maximum Gasteiger partial charge on any atom is 0.323 e. The topological polar surface area (TPSA) is 132 Å². The Labute approximate surface area is 233 Å². The first kappa shape index (κ1) is 27.4. The van der Waals surface area contributed by atoms with Crippen LogP contribution in [0.5, 0.6) is 5.75 Å². The summed E-state index contributed by atoms with van der Waals surface area (Å²) in [6, 6.07) is 11.2. The van der Waals surface area contributed by atoms with Crippen molar-refractivity contribution in [2.24, 2.45) is 16.8 Å². The lowest BCUT2D eigenvalue weighted by atomic mass is 9.79. The normalized spacial score (nSPS) is 19.7. The van der Waals surface area contributed by atoms with Crippen LogP contribution in [0.3, 0.4) is 0 Å². The second-order valence-electron chi connectivity index (χ2n) is 11.2. The van der Waals surface area contributed by atoms with Gasteiger partial charge in [-0.15, -0.1) is 0 Å². The van der Waals surface area contributed by atoms with Gasteiger partial charge in [0.2, 0.25) is 0 Å². The van der Waals surface area contributed by atoms with Gasteiger partial charge < -0.3 is 20.5 Å². The zero-order valence-corrected chi connectivity index (χ0v) is 23.1. The maximum absolute atomic E-state index is 13.2. The Morgan fingerprint density at radius 1 is 1.18 bits per heavy atom. The average Bonchev–Trinajstić information content (AvgIpc) is 3.36. The van der Waals surface area contributed by atoms with E-state index in [-0.39, 0.29) is 18.6 Å². The van der Waals surface area contributed by atoms with Crippen LogP contribution >= 0.6 is 0 Å². The fourth-order valence-electron chi connectivity index (χ4n) is 5.18. The number of ether oxygens (including phenoxy) is 2. The number of nitrogens with one attached hydrogen (secondary N) is 2. The van der Waals surface area contributed by atoms with Gasteiger partial charge in [0, 0.05) is 23.1 Å². The van der Waals surface area contributed by atoms with Gasteiger partial charge in [-0.05, 0) is 58.6 Å². The highest BCUT2D eigenvalue weighted by Crippen LogP contribution is 2.32. The largest absolute Gasteiger partial charge is 0.488 e. The molecule has 1 saturated carbocycles. The molecule has 0 spiro atoms. The van der Waals surface area contributed by atoms with E-state index in [0.29, 0.717) is 22.7 Å². The summed E-state index contributed by atoms with van der Waals surface area (Å²) in [7, 11) is 0. The van der Waals surface area contributed by atoms with Gasteiger partial charge in [-0.25, -0.2) is 4.52 Å². The fraction of sp³-hybridized carbons (Fsp3) is 0.400. The molecule has 1 amide bonds. The molecule has 1 fully saturated rings. The third-order valence-corrected chi connectivity index (χ3v) is 7.36. The standard InChI is InChI=1S/C30H36N6O4/c1-18(31)29(38)40-30(3,4)17-39-22-13-14-26-25(15-32-36(26)16-22)28(37)33-21-11-9-20(10-12-21)27-24-8-6-5-7-23(24)19(2)34-35-27/h5-8,13-16,18,20-21,34H,2,9-12,17,31H2,1,3-4H3,(H,33,37)/t18-,20?,21?/m0/s1. The molecule has 2 aromatic heterocycles. The quantitative estimate of drug-likeness (QED) is 0.369. The lowest BCUT2D eigenvalue weighted by Gasteiger charge is -2.32. The summed E-state index contributed by atoms with van der Waals surface area (Å²) in [5, 5.41) is 12.2. The Kier molecular flexibility index (Phi) is 7.62. The van der Waals surface area contributed by atoms with Crippen LogP contribution < -0.4 is 21.2 Å². The number of esters is 1. The number of hydrogen-bond acceptors (Lipinski definition) is 8. The van der Waals surface area contributed by atoms with E-state index in [4.69, 9.17) is 15.2 Å². The van der Waals surface area contributed by atoms with Crippen molar-refractivity contribution in [1.82, 2.24) is 20.4 Å².